The molecule has 0 aromatic heterocycles. The Morgan fingerprint density at radius 2 is 1.24 bits per heavy atom. The Labute approximate surface area is 116 Å². The number of allylic oxidation sites excluding steroid dienone is 2. The quantitative estimate of drug-likeness (QED) is 0.451. The summed E-state index contributed by atoms with van der Waals surface area (Å²) in [6, 6.07) is 0. The van der Waals surface area contributed by atoms with E-state index >= 15 is 0 Å². The second-order valence-electron chi connectivity index (χ2n) is 3.41. The van der Waals surface area contributed by atoms with Gasteiger partial charge in [0, 0.05) is 0 Å². The molecule has 1 rings (SSSR count). The van der Waals surface area contributed by atoms with E-state index in [9.17, 15) is 19.2 Å². The smallest absolute Gasteiger partial charge is 0.242 e. The average molecular weight is 318 g/mol. The molecule has 0 saturated heterocycles. The Morgan fingerprint density at radius 3 is 1.47 bits per heavy atom. The first-order valence-corrected chi connectivity index (χ1v) is 5.72. The zero-order chi connectivity index (χ0) is 13.4. The zero-order valence-corrected chi connectivity index (χ0v) is 11.0. The van der Waals surface area contributed by atoms with Crippen molar-refractivity contribution in [3.8, 4) is 0 Å². The van der Waals surface area contributed by atoms with Crippen LogP contribution in [-0.2, 0) is 19.2 Å². The van der Waals surface area contributed by atoms with Gasteiger partial charge in [0.1, 0.15) is 5.41 Å². The Kier molecular flexibility index (Phi) is 4.04. The maximum atomic E-state index is 11.4. The van der Waals surface area contributed by atoms with Crippen LogP contribution < -0.4 is 0 Å². The van der Waals surface area contributed by atoms with Crippen molar-refractivity contribution >= 4 is 67.4 Å². The van der Waals surface area contributed by atoms with Crippen LogP contribution in [0.5, 0.6) is 0 Å². The molecule has 0 radical (unpaired) electrons. The van der Waals surface area contributed by atoms with Crippen LogP contribution in [0.2, 0.25) is 0 Å². The van der Waals surface area contributed by atoms with E-state index in [4.69, 9.17) is 46.4 Å². The van der Waals surface area contributed by atoms with E-state index in [0.717, 1.165) is 6.08 Å². The first-order valence-electron chi connectivity index (χ1n) is 4.21. The van der Waals surface area contributed by atoms with Crippen molar-refractivity contribution in [2.45, 2.75) is 6.42 Å². The predicted molar refractivity (Wildman–Crippen MR) is 62.1 cm³/mol. The third-order valence-corrected chi connectivity index (χ3v) is 4.00. The molecule has 0 heterocycles. The lowest BCUT2D eigenvalue weighted by Gasteiger charge is -2.34. The standard InChI is InChI=1S/C9H4Cl4O4/c10-4(14)8(5(11)15)2-1-3-9(8,6(12)16)7(13)17/h1-2H,3H2. The van der Waals surface area contributed by atoms with Gasteiger partial charge in [0.2, 0.25) is 21.0 Å². The molecule has 0 unspecified atom stereocenters. The number of rotatable bonds is 4. The summed E-state index contributed by atoms with van der Waals surface area (Å²) >= 11 is 21.2. The van der Waals surface area contributed by atoms with Crippen LogP contribution in [-0.4, -0.2) is 21.0 Å². The maximum absolute atomic E-state index is 11.4. The van der Waals surface area contributed by atoms with E-state index in [1.807, 2.05) is 0 Å². The van der Waals surface area contributed by atoms with Gasteiger partial charge in [0.05, 0.1) is 0 Å². The lowest BCUT2D eigenvalue weighted by Crippen LogP contribution is -2.53. The molecule has 17 heavy (non-hydrogen) atoms. The van der Waals surface area contributed by atoms with E-state index in [0.29, 0.717) is 0 Å². The summed E-state index contributed by atoms with van der Waals surface area (Å²) in [7, 11) is 0. The van der Waals surface area contributed by atoms with Crippen LogP contribution in [0.15, 0.2) is 12.2 Å². The van der Waals surface area contributed by atoms with Gasteiger partial charge in [-0.25, -0.2) is 0 Å². The highest BCUT2D eigenvalue weighted by Gasteiger charge is 2.68. The topological polar surface area (TPSA) is 68.3 Å². The number of hydrogen-bond donors (Lipinski definition) is 0. The van der Waals surface area contributed by atoms with Gasteiger partial charge in [0.15, 0.2) is 5.41 Å². The van der Waals surface area contributed by atoms with Gasteiger partial charge in [-0.15, -0.1) is 0 Å². The molecule has 1 aliphatic carbocycles. The van der Waals surface area contributed by atoms with E-state index in [-0.39, 0.29) is 6.42 Å². The highest BCUT2D eigenvalue weighted by molar-refractivity contribution is 6.80. The molecule has 8 heteroatoms. The normalized spacial score (nSPS) is 20.0. The van der Waals surface area contributed by atoms with Crippen LogP contribution >= 0.6 is 46.4 Å². The van der Waals surface area contributed by atoms with Gasteiger partial charge in [-0.1, -0.05) is 12.2 Å². The van der Waals surface area contributed by atoms with Crippen molar-refractivity contribution < 1.29 is 19.2 Å². The number of hydrogen-bond acceptors (Lipinski definition) is 4. The molecule has 1 aliphatic rings. The zero-order valence-electron chi connectivity index (χ0n) is 8.01. The van der Waals surface area contributed by atoms with Crippen molar-refractivity contribution in [1.29, 1.82) is 0 Å². The van der Waals surface area contributed by atoms with Crippen LogP contribution in [0.4, 0.5) is 0 Å². The Hall–Kier alpha value is -0.420. The van der Waals surface area contributed by atoms with Crippen LogP contribution in [0, 0.1) is 10.8 Å². The lowest BCUT2D eigenvalue weighted by atomic mass is 9.68. The fourth-order valence-electron chi connectivity index (χ4n) is 1.81. The second-order valence-corrected chi connectivity index (χ2v) is 4.79. The minimum absolute atomic E-state index is 0.311. The Balaban J connectivity index is 3.63. The summed E-state index contributed by atoms with van der Waals surface area (Å²) in [6.45, 7) is 0. The molecule has 4 nitrogen and oxygen atoms in total. The first kappa shape index (κ1) is 14.6. The largest absolute Gasteiger partial charge is 0.280 e. The van der Waals surface area contributed by atoms with Gasteiger partial charge in [-0.2, -0.15) is 0 Å². The monoisotopic (exact) mass is 316 g/mol. The fourth-order valence-corrected chi connectivity index (χ4v) is 3.15. The minimum Gasteiger partial charge on any atom is -0.280 e. The summed E-state index contributed by atoms with van der Waals surface area (Å²) in [5, 5.41) is -5.08. The summed E-state index contributed by atoms with van der Waals surface area (Å²) < 4.78 is 0. The first-order chi connectivity index (χ1) is 7.73. The van der Waals surface area contributed by atoms with E-state index in [1.54, 1.807) is 0 Å². The molecule has 0 aromatic carbocycles. The second kappa shape index (κ2) is 4.69. The van der Waals surface area contributed by atoms with E-state index in [2.05, 4.69) is 0 Å². The molecule has 0 saturated carbocycles. The predicted octanol–water partition coefficient (Wildman–Crippen LogP) is 1.98. The van der Waals surface area contributed by atoms with Crippen LogP contribution in [0.3, 0.4) is 0 Å². The molecular weight excluding hydrogens is 314 g/mol. The lowest BCUT2D eigenvalue weighted by molar-refractivity contribution is -0.148. The summed E-state index contributed by atoms with van der Waals surface area (Å²) in [6.07, 6.45) is 1.91. The van der Waals surface area contributed by atoms with Crippen molar-refractivity contribution in [3.05, 3.63) is 12.2 Å². The number of carbonyl (C=O) groups excluding carboxylic acids is 4. The molecule has 0 spiro atoms. The van der Waals surface area contributed by atoms with E-state index in [1.165, 1.54) is 6.08 Å². The molecule has 0 aliphatic heterocycles. The SMILES string of the molecule is O=C(Cl)C1(C(=O)Cl)C=CCC1(C(=O)Cl)C(=O)Cl. The van der Waals surface area contributed by atoms with Crippen LogP contribution in [0.25, 0.3) is 0 Å². The van der Waals surface area contributed by atoms with Crippen molar-refractivity contribution in [3.63, 3.8) is 0 Å². The molecular formula is C9H4Cl4O4. The molecule has 92 valence electrons. The number of carbonyl (C=O) groups is 4. The Morgan fingerprint density at radius 1 is 0.824 bits per heavy atom. The van der Waals surface area contributed by atoms with E-state index < -0.39 is 31.8 Å². The third-order valence-electron chi connectivity index (χ3n) is 2.76. The maximum Gasteiger partial charge on any atom is 0.242 e. The molecule has 0 amide bonds. The van der Waals surface area contributed by atoms with Gasteiger partial charge in [-0.05, 0) is 52.8 Å². The van der Waals surface area contributed by atoms with Crippen molar-refractivity contribution in [2.75, 3.05) is 0 Å². The number of halogens is 4. The molecule has 0 N–H and O–H groups in total. The van der Waals surface area contributed by atoms with Gasteiger partial charge >= 0.3 is 0 Å². The van der Waals surface area contributed by atoms with Gasteiger partial charge < -0.3 is 0 Å². The van der Waals surface area contributed by atoms with Gasteiger partial charge in [0.25, 0.3) is 0 Å². The fraction of sp³-hybridized carbons (Fsp3) is 0.333. The highest BCUT2D eigenvalue weighted by Crippen LogP contribution is 2.54. The molecule has 0 atom stereocenters. The highest BCUT2D eigenvalue weighted by atomic mass is 35.5. The third kappa shape index (κ3) is 1.74. The Bertz CT molecular complexity index is 426. The summed E-state index contributed by atoms with van der Waals surface area (Å²) in [5.41, 5.74) is -4.61. The van der Waals surface area contributed by atoms with Crippen molar-refractivity contribution in [2.24, 2.45) is 10.8 Å². The molecule has 0 bridgehead atoms. The molecule has 0 aromatic rings. The summed E-state index contributed by atoms with van der Waals surface area (Å²) in [4.78, 5) is 45.7. The molecule has 0 fully saturated rings. The summed E-state index contributed by atoms with van der Waals surface area (Å²) in [5.74, 6) is 0. The minimum atomic E-state index is -2.34. The van der Waals surface area contributed by atoms with Crippen molar-refractivity contribution in [1.82, 2.24) is 0 Å². The van der Waals surface area contributed by atoms with Crippen LogP contribution in [0.1, 0.15) is 6.42 Å². The van der Waals surface area contributed by atoms with Gasteiger partial charge in [-0.3, -0.25) is 19.2 Å². The average Bonchev–Trinajstić information content (AvgIpc) is 2.58.